The normalized spacial score (nSPS) is 6.85. The molecule has 2 aromatic carbocycles. The van der Waals surface area contributed by atoms with Gasteiger partial charge < -0.3 is 5.11 Å². The van der Waals surface area contributed by atoms with Crippen molar-refractivity contribution < 1.29 is 36.3 Å². The summed E-state index contributed by atoms with van der Waals surface area (Å²) in [6.07, 6.45) is 0. The standard InChI is InChI=1S/C8H8O2.C5H5.2CO.Fe/c1-6(9)7-2-4-8(10)5-3-7;1-2-4-5-3-1;2*1-2;/h2-5,10H,1H3;1-5H;;;/q;-1;;;. The number of rotatable bonds is 1. The summed E-state index contributed by atoms with van der Waals surface area (Å²) in [5.41, 5.74) is 0.623. The fraction of sp³-hybridized carbons (Fsp3) is 0.0667. The fourth-order valence-electron chi connectivity index (χ4n) is 1.02. The summed E-state index contributed by atoms with van der Waals surface area (Å²) in [6, 6.07) is 16.2. The van der Waals surface area contributed by atoms with Crippen LogP contribution in [0.25, 0.3) is 0 Å². The average Bonchev–Trinajstić information content (AvgIpc) is 3.03. The van der Waals surface area contributed by atoms with E-state index in [-0.39, 0.29) is 28.6 Å². The van der Waals surface area contributed by atoms with Crippen LogP contribution in [0.15, 0.2) is 54.6 Å². The number of phenols is 1. The van der Waals surface area contributed by atoms with Crippen LogP contribution in [0, 0.1) is 13.3 Å². The molecule has 1 N–H and O–H groups in total. The van der Waals surface area contributed by atoms with Gasteiger partial charge in [0, 0.05) is 22.6 Å². The van der Waals surface area contributed by atoms with Gasteiger partial charge >= 0.3 is 22.6 Å². The maximum absolute atomic E-state index is 10.7. The van der Waals surface area contributed by atoms with E-state index in [2.05, 4.69) is 13.3 Å². The Morgan fingerprint density at radius 1 is 1.05 bits per heavy atom. The number of hydrogen-bond donors (Lipinski definition) is 1. The van der Waals surface area contributed by atoms with Gasteiger partial charge in [0.05, 0.1) is 0 Å². The van der Waals surface area contributed by atoms with Crippen molar-refractivity contribution in [3.05, 3.63) is 73.5 Å². The molecule has 0 radical (unpaired) electrons. The molecule has 0 spiro atoms. The molecule has 2 rings (SSSR count). The summed E-state index contributed by atoms with van der Waals surface area (Å²) in [5.74, 6) is 0.199. The van der Waals surface area contributed by atoms with Crippen LogP contribution < -0.4 is 0 Å². The maximum atomic E-state index is 10.7. The number of Topliss-reactive ketones (excluding diaryl/α,β-unsaturated/α-hetero) is 1. The van der Waals surface area contributed by atoms with E-state index in [1.807, 2.05) is 30.3 Å². The molecule has 5 heteroatoms. The van der Waals surface area contributed by atoms with E-state index in [1.54, 1.807) is 12.1 Å². The van der Waals surface area contributed by atoms with Crippen LogP contribution in [0.4, 0.5) is 0 Å². The second-order valence-electron chi connectivity index (χ2n) is 3.07. The molecule has 0 aliphatic carbocycles. The van der Waals surface area contributed by atoms with Crippen LogP contribution in [0.1, 0.15) is 17.3 Å². The van der Waals surface area contributed by atoms with E-state index in [1.165, 1.54) is 19.1 Å². The molecule has 0 bridgehead atoms. The zero-order valence-corrected chi connectivity index (χ0v) is 11.8. The van der Waals surface area contributed by atoms with Crippen molar-refractivity contribution in [2.75, 3.05) is 0 Å². The monoisotopic (exact) mass is 313 g/mol. The van der Waals surface area contributed by atoms with Gasteiger partial charge in [-0.15, -0.1) is 0 Å². The minimum atomic E-state index is 0. The molecule has 0 saturated carbocycles. The minimum absolute atomic E-state index is 0. The van der Waals surface area contributed by atoms with Crippen molar-refractivity contribution in [3.63, 3.8) is 0 Å². The van der Waals surface area contributed by atoms with Crippen LogP contribution in [0.5, 0.6) is 5.75 Å². The fourth-order valence-corrected chi connectivity index (χ4v) is 1.02. The SMILES string of the molecule is CC(=O)c1ccc(O)cc1.[C-]#[O+].[C-]#[O+].[Fe].c1cc[cH-]c1. The van der Waals surface area contributed by atoms with E-state index >= 15 is 0 Å². The third-order valence-electron chi connectivity index (χ3n) is 1.83. The van der Waals surface area contributed by atoms with E-state index < -0.39 is 0 Å². The van der Waals surface area contributed by atoms with Gasteiger partial charge in [-0.3, -0.25) is 4.79 Å². The molecule has 2 aromatic rings. The Labute approximate surface area is 128 Å². The Balaban J connectivity index is -0.000000246. The first-order valence-electron chi connectivity index (χ1n) is 5.07. The molecule has 0 unspecified atom stereocenters. The third kappa shape index (κ3) is 12.5. The average molecular weight is 313 g/mol. The van der Waals surface area contributed by atoms with Gasteiger partial charge in [-0.1, -0.05) is 0 Å². The van der Waals surface area contributed by atoms with Crippen LogP contribution in [0.3, 0.4) is 0 Å². The first-order chi connectivity index (χ1) is 9.20. The van der Waals surface area contributed by atoms with E-state index in [4.69, 9.17) is 14.4 Å². The van der Waals surface area contributed by atoms with Gasteiger partial charge in [0.2, 0.25) is 0 Å². The van der Waals surface area contributed by atoms with Gasteiger partial charge in [0.15, 0.2) is 5.78 Å². The second-order valence-corrected chi connectivity index (χ2v) is 3.07. The molecular weight excluding hydrogens is 300 g/mol. The number of benzene rings is 1. The smallest absolute Gasteiger partial charge is 0 e. The molecule has 0 fully saturated rings. The quantitative estimate of drug-likeness (QED) is 0.380. The first kappa shape index (κ1) is 23.2. The first-order valence-corrected chi connectivity index (χ1v) is 5.07. The van der Waals surface area contributed by atoms with Crippen LogP contribution in [0.2, 0.25) is 0 Å². The Hall–Kier alpha value is -1.96. The van der Waals surface area contributed by atoms with Gasteiger partial charge in [0.1, 0.15) is 5.75 Å². The maximum Gasteiger partial charge on any atom is 0 e. The van der Waals surface area contributed by atoms with Gasteiger partial charge in [0.25, 0.3) is 0 Å². The Morgan fingerprint density at radius 3 is 1.70 bits per heavy atom. The second kappa shape index (κ2) is 17.0. The Morgan fingerprint density at radius 2 is 1.45 bits per heavy atom. The predicted octanol–water partition coefficient (Wildman–Crippen LogP) is 2.92. The summed E-state index contributed by atoms with van der Waals surface area (Å²) in [7, 11) is 0. The summed E-state index contributed by atoms with van der Waals surface area (Å²) in [5, 5.41) is 8.83. The third-order valence-corrected chi connectivity index (χ3v) is 1.83. The number of hydrogen-bond acceptors (Lipinski definition) is 2. The molecular formula is C15H13FeO4-. The molecule has 0 atom stereocenters. The zero-order valence-electron chi connectivity index (χ0n) is 10.7. The van der Waals surface area contributed by atoms with Crippen LogP contribution >= 0.6 is 0 Å². The van der Waals surface area contributed by atoms with Crippen molar-refractivity contribution in [3.8, 4) is 5.75 Å². The number of phenolic OH excluding ortho intramolecular Hbond substituents is 1. The molecule has 0 aliphatic rings. The Kier molecular flexibility index (Phi) is 19.7. The van der Waals surface area contributed by atoms with Crippen molar-refractivity contribution in [2.45, 2.75) is 6.92 Å². The van der Waals surface area contributed by atoms with Gasteiger partial charge in [-0.25, -0.2) is 12.1 Å². The minimum Gasteiger partial charge on any atom is -0.214 e. The molecule has 4 nitrogen and oxygen atoms in total. The summed E-state index contributed by atoms with van der Waals surface area (Å²) >= 11 is 0. The number of carbonyl (C=O) groups excluding carboxylic acids is 1. The van der Waals surface area contributed by atoms with Crippen LogP contribution in [-0.4, -0.2) is 10.9 Å². The van der Waals surface area contributed by atoms with Gasteiger partial charge in [-0.2, -0.15) is 18.2 Å². The molecule has 106 valence electrons. The molecule has 0 amide bonds. The molecule has 0 aromatic heterocycles. The van der Waals surface area contributed by atoms with E-state index in [0.717, 1.165) is 0 Å². The van der Waals surface area contributed by atoms with Gasteiger partial charge in [-0.05, 0) is 31.2 Å². The molecule has 20 heavy (non-hydrogen) atoms. The van der Waals surface area contributed by atoms with E-state index in [0.29, 0.717) is 5.56 Å². The Bertz CT molecular complexity index is 446. The number of ketones is 1. The summed E-state index contributed by atoms with van der Waals surface area (Å²) in [4.78, 5) is 10.7. The van der Waals surface area contributed by atoms with Crippen molar-refractivity contribution in [2.24, 2.45) is 0 Å². The number of aromatic hydroxyl groups is 1. The molecule has 0 saturated heterocycles. The van der Waals surface area contributed by atoms with E-state index in [9.17, 15) is 4.79 Å². The summed E-state index contributed by atoms with van der Waals surface area (Å²) in [6.45, 7) is 10.5. The van der Waals surface area contributed by atoms with Crippen LogP contribution in [-0.2, 0) is 26.4 Å². The largest absolute Gasteiger partial charge is 0.214 e. The van der Waals surface area contributed by atoms with Crippen molar-refractivity contribution >= 4 is 5.78 Å². The van der Waals surface area contributed by atoms with Crippen molar-refractivity contribution in [1.29, 1.82) is 0 Å². The zero-order chi connectivity index (χ0) is 15.1. The molecule has 0 aliphatic heterocycles. The molecule has 0 heterocycles. The van der Waals surface area contributed by atoms with Crippen molar-refractivity contribution in [1.82, 2.24) is 0 Å². The summed E-state index contributed by atoms with van der Waals surface area (Å²) < 4.78 is 15.0. The predicted molar refractivity (Wildman–Crippen MR) is 68.0 cm³/mol. The number of carbonyl (C=O) groups is 1. The topological polar surface area (TPSA) is 77.1 Å².